The predicted molar refractivity (Wildman–Crippen MR) is 56.7 cm³/mol. The Labute approximate surface area is 94.0 Å². The van der Waals surface area contributed by atoms with Crippen LogP contribution in [0.4, 0.5) is 0 Å². The number of aromatic nitrogens is 2. The highest BCUT2D eigenvalue weighted by atomic mass is 32.2. The SMILES string of the molecule is O=S(=O)(NCc1cnc[nH]1)N1CCOCC1. The van der Waals surface area contributed by atoms with Crippen molar-refractivity contribution in [2.75, 3.05) is 26.3 Å². The highest BCUT2D eigenvalue weighted by Crippen LogP contribution is 2.03. The Hall–Kier alpha value is -0.960. The number of morpholine rings is 1. The Morgan fingerprint density at radius 3 is 2.88 bits per heavy atom. The highest BCUT2D eigenvalue weighted by molar-refractivity contribution is 7.87. The summed E-state index contributed by atoms with van der Waals surface area (Å²) >= 11 is 0. The second-order valence-corrected chi connectivity index (χ2v) is 5.17. The van der Waals surface area contributed by atoms with E-state index < -0.39 is 10.2 Å². The summed E-state index contributed by atoms with van der Waals surface area (Å²) in [5.74, 6) is 0. The van der Waals surface area contributed by atoms with E-state index in [0.29, 0.717) is 26.3 Å². The zero-order valence-electron chi connectivity index (χ0n) is 8.72. The van der Waals surface area contributed by atoms with Gasteiger partial charge in [0, 0.05) is 25.0 Å². The van der Waals surface area contributed by atoms with Gasteiger partial charge in [-0.3, -0.25) is 0 Å². The van der Waals surface area contributed by atoms with Gasteiger partial charge in [0.2, 0.25) is 0 Å². The molecule has 2 rings (SSSR count). The van der Waals surface area contributed by atoms with E-state index in [-0.39, 0.29) is 6.54 Å². The van der Waals surface area contributed by atoms with Gasteiger partial charge in [-0.05, 0) is 0 Å². The Balaban J connectivity index is 1.91. The summed E-state index contributed by atoms with van der Waals surface area (Å²) in [7, 11) is -3.40. The van der Waals surface area contributed by atoms with E-state index >= 15 is 0 Å². The minimum absolute atomic E-state index is 0.222. The molecule has 1 aliphatic rings. The van der Waals surface area contributed by atoms with Gasteiger partial charge in [-0.25, -0.2) is 4.98 Å². The van der Waals surface area contributed by atoms with Crippen LogP contribution in [0.15, 0.2) is 12.5 Å². The summed E-state index contributed by atoms with van der Waals surface area (Å²) in [4.78, 5) is 6.64. The first-order valence-corrected chi connectivity index (χ1v) is 6.42. The largest absolute Gasteiger partial charge is 0.379 e. The molecule has 0 bridgehead atoms. The molecule has 1 aromatic rings. The van der Waals surface area contributed by atoms with Crippen LogP contribution in [0.25, 0.3) is 0 Å². The molecule has 0 aliphatic carbocycles. The minimum atomic E-state index is -3.40. The highest BCUT2D eigenvalue weighted by Gasteiger charge is 2.23. The molecule has 0 aromatic carbocycles. The first-order chi connectivity index (χ1) is 7.68. The smallest absolute Gasteiger partial charge is 0.279 e. The first-order valence-electron chi connectivity index (χ1n) is 4.98. The maximum atomic E-state index is 11.8. The van der Waals surface area contributed by atoms with Gasteiger partial charge in [0.1, 0.15) is 0 Å². The van der Waals surface area contributed by atoms with Gasteiger partial charge in [0.05, 0.1) is 26.1 Å². The van der Waals surface area contributed by atoms with Crippen LogP contribution in [0.1, 0.15) is 5.69 Å². The molecule has 7 nitrogen and oxygen atoms in total. The van der Waals surface area contributed by atoms with Gasteiger partial charge >= 0.3 is 0 Å². The van der Waals surface area contributed by atoms with Gasteiger partial charge in [-0.1, -0.05) is 0 Å². The summed E-state index contributed by atoms with van der Waals surface area (Å²) in [6, 6.07) is 0. The van der Waals surface area contributed by atoms with Crippen molar-refractivity contribution in [1.82, 2.24) is 19.0 Å². The van der Waals surface area contributed by atoms with Crippen molar-refractivity contribution >= 4 is 10.2 Å². The second kappa shape index (κ2) is 4.91. The zero-order valence-corrected chi connectivity index (χ0v) is 9.53. The van der Waals surface area contributed by atoms with Gasteiger partial charge in [0.15, 0.2) is 0 Å². The van der Waals surface area contributed by atoms with Crippen molar-refractivity contribution in [1.29, 1.82) is 0 Å². The molecule has 0 amide bonds. The van der Waals surface area contributed by atoms with Crippen LogP contribution in [0.5, 0.6) is 0 Å². The molecule has 1 aromatic heterocycles. The number of hydrogen-bond donors (Lipinski definition) is 2. The van der Waals surface area contributed by atoms with E-state index in [0.717, 1.165) is 5.69 Å². The zero-order chi connectivity index (χ0) is 11.4. The average molecular weight is 246 g/mol. The molecule has 1 fully saturated rings. The molecular formula is C8H14N4O3S. The number of hydrogen-bond acceptors (Lipinski definition) is 4. The first kappa shape index (κ1) is 11.5. The number of aromatic amines is 1. The van der Waals surface area contributed by atoms with Gasteiger partial charge < -0.3 is 9.72 Å². The normalized spacial score (nSPS) is 18.8. The molecular weight excluding hydrogens is 232 g/mol. The Morgan fingerprint density at radius 1 is 1.50 bits per heavy atom. The maximum absolute atomic E-state index is 11.8. The van der Waals surface area contributed by atoms with Crippen molar-refractivity contribution in [2.45, 2.75) is 6.54 Å². The third-order valence-corrected chi connectivity index (χ3v) is 3.86. The fourth-order valence-corrected chi connectivity index (χ4v) is 2.58. The molecule has 0 unspecified atom stereocenters. The lowest BCUT2D eigenvalue weighted by molar-refractivity contribution is 0.0724. The summed E-state index contributed by atoms with van der Waals surface area (Å²) in [6.07, 6.45) is 3.10. The predicted octanol–water partition coefficient (Wildman–Crippen LogP) is -0.924. The molecule has 1 aliphatic heterocycles. The number of rotatable bonds is 4. The van der Waals surface area contributed by atoms with Crippen molar-refractivity contribution < 1.29 is 13.2 Å². The summed E-state index contributed by atoms with van der Waals surface area (Å²) in [6.45, 7) is 1.92. The van der Waals surface area contributed by atoms with E-state index in [1.165, 1.54) is 10.6 Å². The molecule has 8 heteroatoms. The van der Waals surface area contributed by atoms with E-state index in [9.17, 15) is 8.42 Å². The average Bonchev–Trinajstić information content (AvgIpc) is 2.81. The molecule has 90 valence electrons. The molecule has 0 atom stereocenters. The molecule has 0 radical (unpaired) electrons. The van der Waals surface area contributed by atoms with Gasteiger partial charge in [-0.15, -0.1) is 0 Å². The fraction of sp³-hybridized carbons (Fsp3) is 0.625. The van der Waals surface area contributed by atoms with Crippen LogP contribution >= 0.6 is 0 Å². The third kappa shape index (κ3) is 2.79. The fourth-order valence-electron chi connectivity index (χ4n) is 1.43. The minimum Gasteiger partial charge on any atom is -0.379 e. The van der Waals surface area contributed by atoms with Crippen LogP contribution in [0.3, 0.4) is 0 Å². The van der Waals surface area contributed by atoms with E-state index in [2.05, 4.69) is 14.7 Å². The molecule has 16 heavy (non-hydrogen) atoms. The van der Waals surface area contributed by atoms with Crippen LogP contribution in [-0.2, 0) is 21.5 Å². The van der Waals surface area contributed by atoms with Crippen LogP contribution < -0.4 is 4.72 Å². The monoisotopic (exact) mass is 246 g/mol. The number of H-pyrrole nitrogens is 1. The lowest BCUT2D eigenvalue weighted by atomic mass is 10.5. The number of imidazole rings is 1. The van der Waals surface area contributed by atoms with Crippen LogP contribution in [0, 0.1) is 0 Å². The molecule has 2 heterocycles. The second-order valence-electron chi connectivity index (χ2n) is 3.41. The van der Waals surface area contributed by atoms with Crippen molar-refractivity contribution in [3.8, 4) is 0 Å². The summed E-state index contributed by atoms with van der Waals surface area (Å²) in [5, 5.41) is 0. The van der Waals surface area contributed by atoms with E-state index in [1.807, 2.05) is 0 Å². The Morgan fingerprint density at radius 2 is 2.25 bits per heavy atom. The summed E-state index contributed by atoms with van der Waals surface area (Å²) < 4.78 is 32.6. The van der Waals surface area contributed by atoms with Crippen molar-refractivity contribution in [3.63, 3.8) is 0 Å². The maximum Gasteiger partial charge on any atom is 0.279 e. The van der Waals surface area contributed by atoms with E-state index in [1.54, 1.807) is 6.20 Å². The summed E-state index contributed by atoms with van der Waals surface area (Å²) in [5.41, 5.74) is 0.733. The van der Waals surface area contributed by atoms with Gasteiger partial charge in [0.25, 0.3) is 10.2 Å². The third-order valence-electron chi connectivity index (χ3n) is 2.31. The van der Waals surface area contributed by atoms with Crippen molar-refractivity contribution in [3.05, 3.63) is 18.2 Å². The van der Waals surface area contributed by atoms with Gasteiger partial charge in [-0.2, -0.15) is 17.4 Å². The Kier molecular flexibility index (Phi) is 3.54. The topological polar surface area (TPSA) is 87.3 Å². The number of ether oxygens (including phenoxy) is 1. The lowest BCUT2D eigenvalue weighted by Gasteiger charge is -2.25. The molecule has 0 spiro atoms. The Bertz CT molecular complexity index is 411. The number of nitrogens with zero attached hydrogens (tertiary/aromatic N) is 2. The molecule has 1 saturated heterocycles. The standard InChI is InChI=1S/C8H14N4O3S/c13-16(14,12-1-3-15-4-2-12)11-6-8-5-9-7-10-8/h5,7,11H,1-4,6H2,(H,9,10). The molecule has 2 N–H and O–H groups in total. The molecule has 0 saturated carbocycles. The van der Waals surface area contributed by atoms with Crippen LogP contribution in [-0.4, -0.2) is 49.0 Å². The lowest BCUT2D eigenvalue weighted by Crippen LogP contribution is -2.46. The van der Waals surface area contributed by atoms with Crippen LogP contribution in [0.2, 0.25) is 0 Å². The quantitative estimate of drug-likeness (QED) is 0.719. The van der Waals surface area contributed by atoms with E-state index in [4.69, 9.17) is 4.74 Å². The van der Waals surface area contributed by atoms with Crippen molar-refractivity contribution in [2.24, 2.45) is 0 Å². The number of nitrogens with one attached hydrogen (secondary N) is 2.